The van der Waals surface area contributed by atoms with Gasteiger partial charge in [0, 0.05) is 35.4 Å². The zero-order valence-corrected chi connectivity index (χ0v) is 18.6. The van der Waals surface area contributed by atoms with E-state index < -0.39 is 0 Å². The summed E-state index contributed by atoms with van der Waals surface area (Å²) in [5, 5.41) is 5.02. The first-order valence-electron chi connectivity index (χ1n) is 11.1. The minimum absolute atomic E-state index is 0.556. The summed E-state index contributed by atoms with van der Waals surface area (Å²) in [6.45, 7) is 3.95. The second-order valence-corrected chi connectivity index (χ2v) is 9.07. The number of thioether (sulfide) groups is 1. The number of rotatable bonds is 10. The van der Waals surface area contributed by atoms with Crippen LogP contribution in [0.5, 0.6) is 5.75 Å². The molecule has 158 valence electrons. The molecular formula is C26H32N2OS. The van der Waals surface area contributed by atoms with Crippen LogP contribution in [0.2, 0.25) is 0 Å². The van der Waals surface area contributed by atoms with Gasteiger partial charge in [0.1, 0.15) is 5.75 Å². The highest BCUT2D eigenvalue weighted by Gasteiger charge is 2.16. The van der Waals surface area contributed by atoms with Crippen LogP contribution in [-0.2, 0) is 5.75 Å². The largest absolute Gasteiger partial charge is 0.494 e. The van der Waals surface area contributed by atoms with Gasteiger partial charge in [0.2, 0.25) is 0 Å². The van der Waals surface area contributed by atoms with E-state index >= 15 is 0 Å². The second-order valence-electron chi connectivity index (χ2n) is 7.97. The molecule has 1 aliphatic rings. The van der Waals surface area contributed by atoms with Crippen molar-refractivity contribution in [2.45, 2.75) is 44.4 Å². The molecular weight excluding hydrogens is 388 g/mol. The van der Waals surface area contributed by atoms with Crippen LogP contribution < -0.4 is 10.1 Å². The molecule has 0 radical (unpaired) electrons. The number of H-pyrrole nitrogens is 1. The average molecular weight is 421 g/mol. The van der Waals surface area contributed by atoms with Crippen LogP contribution in [0, 0.1) is 0 Å². The van der Waals surface area contributed by atoms with Crippen molar-refractivity contribution in [3.05, 3.63) is 71.9 Å². The van der Waals surface area contributed by atoms with E-state index in [-0.39, 0.29) is 0 Å². The molecule has 0 fully saturated rings. The van der Waals surface area contributed by atoms with Gasteiger partial charge in [0.25, 0.3) is 0 Å². The van der Waals surface area contributed by atoms with E-state index in [1.165, 1.54) is 46.2 Å². The van der Waals surface area contributed by atoms with Gasteiger partial charge in [-0.05, 0) is 59.9 Å². The van der Waals surface area contributed by atoms with Crippen molar-refractivity contribution in [2.75, 3.05) is 18.9 Å². The molecule has 0 amide bonds. The highest BCUT2D eigenvalue weighted by atomic mass is 32.2. The van der Waals surface area contributed by atoms with E-state index in [0.717, 1.165) is 37.5 Å². The Morgan fingerprint density at radius 3 is 2.83 bits per heavy atom. The van der Waals surface area contributed by atoms with Crippen LogP contribution in [-0.4, -0.2) is 29.9 Å². The Balaban J connectivity index is 1.23. The summed E-state index contributed by atoms with van der Waals surface area (Å²) in [6.07, 6.45) is 9.07. The number of aromatic nitrogens is 1. The maximum atomic E-state index is 5.80. The molecule has 2 heterocycles. The fourth-order valence-corrected chi connectivity index (χ4v) is 5.02. The first-order valence-corrected chi connectivity index (χ1v) is 12.3. The van der Waals surface area contributed by atoms with Crippen molar-refractivity contribution in [2.24, 2.45) is 0 Å². The van der Waals surface area contributed by atoms with Gasteiger partial charge < -0.3 is 15.0 Å². The smallest absolute Gasteiger partial charge is 0.119 e. The molecule has 4 heteroatoms. The highest BCUT2D eigenvalue weighted by Crippen LogP contribution is 2.27. The van der Waals surface area contributed by atoms with E-state index in [0.29, 0.717) is 6.04 Å². The predicted molar refractivity (Wildman–Crippen MR) is 130 cm³/mol. The molecule has 0 aliphatic carbocycles. The molecule has 2 N–H and O–H groups in total. The van der Waals surface area contributed by atoms with Crippen LogP contribution >= 0.6 is 11.8 Å². The molecule has 4 rings (SSSR count). The minimum atomic E-state index is 0.556. The third-order valence-electron chi connectivity index (χ3n) is 5.76. The van der Waals surface area contributed by atoms with Crippen molar-refractivity contribution in [1.82, 2.24) is 10.3 Å². The molecule has 0 bridgehead atoms. The average Bonchev–Trinajstić information content (AvgIpc) is 3.21. The Bertz CT molecular complexity index is 961. The Morgan fingerprint density at radius 1 is 1.10 bits per heavy atom. The van der Waals surface area contributed by atoms with E-state index in [2.05, 4.69) is 78.0 Å². The van der Waals surface area contributed by atoms with Crippen molar-refractivity contribution in [3.63, 3.8) is 0 Å². The lowest BCUT2D eigenvalue weighted by molar-refractivity contribution is 0.309. The lowest BCUT2D eigenvalue weighted by Crippen LogP contribution is -2.33. The lowest BCUT2D eigenvalue weighted by Gasteiger charge is -2.24. The number of ether oxygens (including phenoxy) is 1. The molecule has 1 aliphatic heterocycles. The van der Waals surface area contributed by atoms with Gasteiger partial charge >= 0.3 is 0 Å². The number of nitrogens with one attached hydrogen (secondary N) is 2. The summed E-state index contributed by atoms with van der Waals surface area (Å²) in [5.74, 6) is 3.22. The molecule has 0 saturated carbocycles. The molecule has 2 aromatic carbocycles. The van der Waals surface area contributed by atoms with Gasteiger partial charge in [-0.2, -0.15) is 11.8 Å². The van der Waals surface area contributed by atoms with Gasteiger partial charge in [-0.3, -0.25) is 0 Å². The van der Waals surface area contributed by atoms with Crippen LogP contribution in [0.1, 0.15) is 43.7 Å². The molecule has 1 aromatic heterocycles. The molecule has 0 saturated heterocycles. The molecule has 3 nitrogen and oxygen atoms in total. The third kappa shape index (κ3) is 5.50. The summed E-state index contributed by atoms with van der Waals surface area (Å²) < 4.78 is 5.80. The summed E-state index contributed by atoms with van der Waals surface area (Å²) in [6, 6.07) is 17.8. The fraction of sp³-hybridized carbons (Fsp3) is 0.385. The van der Waals surface area contributed by atoms with Gasteiger partial charge in [-0.25, -0.2) is 0 Å². The quantitative estimate of drug-likeness (QED) is 0.372. The summed E-state index contributed by atoms with van der Waals surface area (Å²) in [5.41, 5.74) is 5.43. The number of aromatic amines is 1. The molecule has 0 spiro atoms. The summed E-state index contributed by atoms with van der Waals surface area (Å²) >= 11 is 2.03. The Labute approximate surface area is 184 Å². The number of para-hydroxylation sites is 1. The molecule has 1 unspecified atom stereocenters. The highest BCUT2D eigenvalue weighted by molar-refractivity contribution is 7.98. The number of fused-ring (bicyclic) bond motifs is 1. The van der Waals surface area contributed by atoms with E-state index in [4.69, 9.17) is 4.74 Å². The number of hydrogen-bond acceptors (Lipinski definition) is 3. The Hall–Kier alpha value is -2.17. The van der Waals surface area contributed by atoms with Crippen LogP contribution in [0.3, 0.4) is 0 Å². The SMILES string of the molecule is CCCCOc1ccc(C2=CCNC(CCSCc3c[nH]c4ccccc34)C2)cc1. The number of hydrogen-bond donors (Lipinski definition) is 2. The standard InChI is InChI=1S/C26H32N2OS/c1-2-3-15-29-24-10-8-20(9-11-24)21-12-14-27-23(17-21)13-16-30-19-22-18-28-26-7-5-4-6-25(22)26/h4-12,18,23,27-28H,2-3,13-17,19H2,1H3. The zero-order chi connectivity index (χ0) is 20.6. The lowest BCUT2D eigenvalue weighted by atomic mass is 9.94. The maximum Gasteiger partial charge on any atom is 0.119 e. The van der Waals surface area contributed by atoms with Crippen LogP contribution in [0.4, 0.5) is 0 Å². The van der Waals surface area contributed by atoms with Crippen LogP contribution in [0.15, 0.2) is 60.8 Å². The van der Waals surface area contributed by atoms with Crippen molar-refractivity contribution >= 4 is 28.2 Å². The maximum absolute atomic E-state index is 5.80. The molecule has 30 heavy (non-hydrogen) atoms. The van der Waals surface area contributed by atoms with Crippen molar-refractivity contribution < 1.29 is 4.74 Å². The van der Waals surface area contributed by atoms with Gasteiger partial charge in [-0.1, -0.05) is 49.8 Å². The van der Waals surface area contributed by atoms with Crippen molar-refractivity contribution in [1.29, 1.82) is 0 Å². The Kier molecular flexibility index (Phi) is 7.54. The molecule has 1 atom stereocenters. The monoisotopic (exact) mass is 420 g/mol. The van der Waals surface area contributed by atoms with Gasteiger partial charge in [0.15, 0.2) is 0 Å². The first-order chi connectivity index (χ1) is 14.8. The van der Waals surface area contributed by atoms with E-state index in [1.54, 1.807) is 0 Å². The van der Waals surface area contributed by atoms with E-state index in [1.807, 2.05) is 11.8 Å². The van der Waals surface area contributed by atoms with E-state index in [9.17, 15) is 0 Å². The Morgan fingerprint density at radius 2 is 1.97 bits per heavy atom. The second kappa shape index (κ2) is 10.7. The number of benzene rings is 2. The van der Waals surface area contributed by atoms with Crippen LogP contribution in [0.25, 0.3) is 16.5 Å². The molecule has 3 aromatic rings. The third-order valence-corrected chi connectivity index (χ3v) is 6.80. The fourth-order valence-electron chi connectivity index (χ4n) is 3.97. The zero-order valence-electron chi connectivity index (χ0n) is 17.8. The predicted octanol–water partition coefficient (Wildman–Crippen LogP) is 6.42. The van der Waals surface area contributed by atoms with Gasteiger partial charge in [0.05, 0.1) is 6.61 Å². The topological polar surface area (TPSA) is 37.0 Å². The minimum Gasteiger partial charge on any atom is -0.494 e. The number of unbranched alkanes of at least 4 members (excludes halogenated alkanes) is 1. The summed E-state index contributed by atoms with van der Waals surface area (Å²) in [7, 11) is 0. The van der Waals surface area contributed by atoms with Crippen molar-refractivity contribution in [3.8, 4) is 5.75 Å². The normalized spacial score (nSPS) is 16.6. The first kappa shape index (κ1) is 21.1. The van der Waals surface area contributed by atoms with Gasteiger partial charge in [-0.15, -0.1) is 0 Å². The summed E-state index contributed by atoms with van der Waals surface area (Å²) in [4.78, 5) is 3.38.